The Bertz CT molecular complexity index is 1040. The maximum atomic E-state index is 12.5. The van der Waals surface area contributed by atoms with Crippen molar-refractivity contribution < 1.29 is 20.1 Å². The van der Waals surface area contributed by atoms with Gasteiger partial charge in [0.15, 0.2) is 0 Å². The number of hydrogen-bond acceptors (Lipinski definition) is 4. The van der Waals surface area contributed by atoms with Crippen LogP contribution in [-0.4, -0.2) is 46.1 Å². The molecule has 0 radical (unpaired) electrons. The molecule has 0 saturated heterocycles. The van der Waals surface area contributed by atoms with Gasteiger partial charge in [0.1, 0.15) is 6.10 Å². The first-order chi connectivity index (χ1) is 33.1. The Balaban J connectivity index is 3.56. The van der Waals surface area contributed by atoms with Crippen LogP contribution in [0.15, 0.2) is 36.5 Å². The van der Waals surface area contributed by atoms with Gasteiger partial charge in [-0.05, 0) is 77.0 Å². The van der Waals surface area contributed by atoms with Gasteiger partial charge in [0.05, 0.1) is 18.8 Å². The molecule has 0 heterocycles. The highest BCUT2D eigenvalue weighted by atomic mass is 16.3. The molecule has 0 fully saturated rings. The number of aliphatic hydroxyl groups excluding tert-OH is 3. The van der Waals surface area contributed by atoms with E-state index in [1.165, 1.54) is 257 Å². The Hall–Kier alpha value is -1.43. The van der Waals surface area contributed by atoms with E-state index in [0.29, 0.717) is 12.8 Å². The van der Waals surface area contributed by atoms with Crippen molar-refractivity contribution in [2.45, 2.75) is 347 Å². The summed E-state index contributed by atoms with van der Waals surface area (Å²) in [5, 5.41) is 33.8. The monoisotopic (exact) mass is 942 g/mol. The zero-order valence-electron chi connectivity index (χ0n) is 45.3. The minimum absolute atomic E-state index is 0.154. The number of aliphatic hydroxyl groups is 3. The van der Waals surface area contributed by atoms with E-state index >= 15 is 0 Å². The van der Waals surface area contributed by atoms with E-state index in [-0.39, 0.29) is 12.5 Å². The van der Waals surface area contributed by atoms with Gasteiger partial charge in [-0.2, -0.15) is 0 Å². The molecule has 0 bridgehead atoms. The van der Waals surface area contributed by atoms with E-state index in [4.69, 9.17) is 0 Å². The van der Waals surface area contributed by atoms with E-state index in [1.807, 2.05) is 0 Å². The van der Waals surface area contributed by atoms with E-state index in [9.17, 15) is 20.1 Å². The van der Waals surface area contributed by atoms with Crippen LogP contribution in [0.5, 0.6) is 0 Å². The van der Waals surface area contributed by atoms with Crippen molar-refractivity contribution in [1.29, 1.82) is 0 Å². The topological polar surface area (TPSA) is 89.8 Å². The summed E-state index contributed by atoms with van der Waals surface area (Å²) in [6.45, 7) is 4.20. The fraction of sp³-hybridized carbons (Fsp3) is 0.887. The second kappa shape index (κ2) is 57.2. The maximum Gasteiger partial charge on any atom is 0.220 e. The molecule has 1 amide bonds. The van der Waals surface area contributed by atoms with Crippen LogP contribution in [0, 0.1) is 0 Å². The molecule has 5 heteroatoms. The third kappa shape index (κ3) is 52.2. The normalized spacial score (nSPS) is 13.4. The first-order valence-corrected chi connectivity index (χ1v) is 30.3. The highest BCUT2D eigenvalue weighted by Crippen LogP contribution is 2.17. The van der Waals surface area contributed by atoms with Crippen molar-refractivity contribution in [3.8, 4) is 0 Å². The number of nitrogens with one attached hydrogen (secondary N) is 1. The molecule has 0 aliphatic heterocycles. The summed E-state index contributed by atoms with van der Waals surface area (Å²) in [7, 11) is 0. The molecule has 3 atom stereocenters. The zero-order chi connectivity index (χ0) is 48.6. The fourth-order valence-electron chi connectivity index (χ4n) is 9.53. The Morgan fingerprint density at radius 3 is 0.910 bits per heavy atom. The van der Waals surface area contributed by atoms with Crippen LogP contribution in [0.2, 0.25) is 0 Å². The van der Waals surface area contributed by atoms with Gasteiger partial charge >= 0.3 is 0 Å². The first-order valence-electron chi connectivity index (χ1n) is 30.3. The largest absolute Gasteiger partial charge is 0.394 e. The van der Waals surface area contributed by atoms with Crippen LogP contribution >= 0.6 is 0 Å². The van der Waals surface area contributed by atoms with Crippen LogP contribution in [0.4, 0.5) is 0 Å². The molecule has 0 aromatic rings. The number of hydrogen-bond donors (Lipinski definition) is 4. The van der Waals surface area contributed by atoms with E-state index in [1.54, 1.807) is 0 Å². The molecule has 0 rings (SSSR count). The van der Waals surface area contributed by atoms with Gasteiger partial charge in [0.2, 0.25) is 5.91 Å². The summed E-state index contributed by atoms with van der Waals surface area (Å²) in [4.78, 5) is 12.5. The summed E-state index contributed by atoms with van der Waals surface area (Å²) in [6, 6.07) is -0.833. The number of amides is 1. The SMILES string of the molecule is CCCCCCCCCCCCCC/C=C\CCCCCCCCCCCCCCCC(=O)NC(CO)C(O)C(O)CCC/C=C/CC/C=C/CCCCCCCCCCCCCCCCC. The number of carbonyl (C=O) groups excluding carboxylic acids is 1. The zero-order valence-corrected chi connectivity index (χ0v) is 45.3. The average Bonchev–Trinajstić information content (AvgIpc) is 3.33. The number of rotatable bonds is 56. The molecule has 67 heavy (non-hydrogen) atoms. The van der Waals surface area contributed by atoms with Gasteiger partial charge in [-0.1, -0.05) is 281 Å². The number of allylic oxidation sites excluding steroid dienone is 6. The lowest BCUT2D eigenvalue weighted by atomic mass is 10.0. The lowest BCUT2D eigenvalue weighted by molar-refractivity contribution is -0.124. The summed E-state index contributed by atoms with van der Waals surface area (Å²) < 4.78 is 0. The molecule has 0 aliphatic rings. The lowest BCUT2D eigenvalue weighted by Gasteiger charge is -2.26. The van der Waals surface area contributed by atoms with Crippen LogP contribution < -0.4 is 5.32 Å². The van der Waals surface area contributed by atoms with Gasteiger partial charge < -0.3 is 20.6 Å². The van der Waals surface area contributed by atoms with Gasteiger partial charge in [-0.25, -0.2) is 0 Å². The smallest absolute Gasteiger partial charge is 0.220 e. The third-order valence-electron chi connectivity index (χ3n) is 14.2. The Labute approximate surface area is 419 Å². The van der Waals surface area contributed by atoms with Gasteiger partial charge in [0.25, 0.3) is 0 Å². The molecule has 0 aromatic carbocycles. The summed E-state index contributed by atoms with van der Waals surface area (Å²) in [5.74, 6) is -0.154. The highest BCUT2D eigenvalue weighted by molar-refractivity contribution is 5.76. The molecule has 4 N–H and O–H groups in total. The van der Waals surface area contributed by atoms with E-state index in [2.05, 4.69) is 55.6 Å². The minimum Gasteiger partial charge on any atom is -0.394 e. The van der Waals surface area contributed by atoms with Crippen molar-refractivity contribution in [3.63, 3.8) is 0 Å². The van der Waals surface area contributed by atoms with Crippen molar-refractivity contribution in [2.75, 3.05) is 6.61 Å². The molecule has 0 saturated carbocycles. The molecule has 0 aliphatic carbocycles. The number of unbranched alkanes of at least 4 members (excludes halogenated alkanes) is 42. The predicted molar refractivity (Wildman–Crippen MR) is 296 cm³/mol. The molecule has 396 valence electrons. The molecular weight excluding hydrogens is 823 g/mol. The van der Waals surface area contributed by atoms with Crippen molar-refractivity contribution >= 4 is 5.91 Å². The van der Waals surface area contributed by atoms with Crippen LogP contribution in [0.1, 0.15) is 328 Å². The Morgan fingerprint density at radius 1 is 0.358 bits per heavy atom. The van der Waals surface area contributed by atoms with Crippen LogP contribution in [0.25, 0.3) is 0 Å². The van der Waals surface area contributed by atoms with Crippen LogP contribution in [0.3, 0.4) is 0 Å². The fourth-order valence-corrected chi connectivity index (χ4v) is 9.53. The standard InChI is InChI=1S/C62H119NO4/c1-3-5-7-9-11-13-15-17-19-21-23-25-27-29-30-31-32-33-35-37-39-41-43-45-47-49-51-53-55-57-61(66)63-59(58-64)62(67)60(65)56-54-52-50-48-46-44-42-40-38-36-34-28-26-24-22-20-18-16-14-12-10-8-6-4-2/h29-30,40,42,48,50,59-60,62,64-65,67H,3-28,31-39,41,43-47,49,51-58H2,1-2H3,(H,63,66)/b30-29-,42-40+,50-48+. The van der Waals surface area contributed by atoms with Crippen molar-refractivity contribution in [1.82, 2.24) is 5.32 Å². The average molecular weight is 943 g/mol. The second-order valence-corrected chi connectivity index (χ2v) is 20.9. The molecule has 0 spiro atoms. The van der Waals surface area contributed by atoms with Crippen molar-refractivity contribution in [2.24, 2.45) is 0 Å². The highest BCUT2D eigenvalue weighted by Gasteiger charge is 2.26. The molecular formula is C62H119NO4. The molecule has 3 unspecified atom stereocenters. The molecule has 0 aromatic heterocycles. The van der Waals surface area contributed by atoms with Gasteiger partial charge in [-0.15, -0.1) is 0 Å². The lowest BCUT2D eigenvalue weighted by Crippen LogP contribution is -2.50. The Kier molecular flexibility index (Phi) is 55.9. The van der Waals surface area contributed by atoms with E-state index < -0.39 is 18.2 Å². The minimum atomic E-state index is -1.17. The third-order valence-corrected chi connectivity index (χ3v) is 14.2. The van der Waals surface area contributed by atoms with E-state index in [0.717, 1.165) is 44.9 Å². The quantitative estimate of drug-likeness (QED) is 0.0361. The number of carbonyl (C=O) groups is 1. The maximum absolute atomic E-state index is 12.5. The summed E-state index contributed by atoms with van der Waals surface area (Å²) >= 11 is 0. The van der Waals surface area contributed by atoms with Gasteiger partial charge in [0, 0.05) is 6.42 Å². The van der Waals surface area contributed by atoms with Crippen LogP contribution in [-0.2, 0) is 4.79 Å². The predicted octanol–water partition coefficient (Wildman–Crippen LogP) is 19.0. The summed E-state index contributed by atoms with van der Waals surface area (Å²) in [5.41, 5.74) is 0. The first kappa shape index (κ1) is 65.6. The second-order valence-electron chi connectivity index (χ2n) is 20.9. The Morgan fingerprint density at radius 2 is 0.612 bits per heavy atom. The van der Waals surface area contributed by atoms with Crippen molar-refractivity contribution in [3.05, 3.63) is 36.5 Å². The molecule has 5 nitrogen and oxygen atoms in total. The summed E-state index contributed by atoms with van der Waals surface area (Å²) in [6.07, 6.45) is 74.6. The van der Waals surface area contributed by atoms with Gasteiger partial charge in [-0.3, -0.25) is 4.79 Å².